The standard InChI is InChI=1S/C23H37N3O4/c1-6-29-19-9-8-18(16-20(19)30-7-2)22(28)24-17-21(27)26-14-12-25(13-15-26)11-10-23(3,4)5/h8-9,16H,6-7,10-15,17H2,1-5H3,(H,24,28). The van der Waals surface area contributed by atoms with Gasteiger partial charge in [0.05, 0.1) is 19.8 Å². The van der Waals surface area contributed by atoms with Gasteiger partial charge in [-0.3, -0.25) is 14.5 Å². The van der Waals surface area contributed by atoms with E-state index in [-0.39, 0.29) is 18.4 Å². The molecule has 0 spiro atoms. The molecule has 2 amide bonds. The molecule has 0 saturated carbocycles. The molecule has 1 aromatic carbocycles. The Hall–Kier alpha value is -2.28. The van der Waals surface area contributed by atoms with E-state index in [0.717, 1.165) is 26.1 Å². The van der Waals surface area contributed by atoms with Crippen molar-refractivity contribution in [2.75, 3.05) is 52.5 Å². The van der Waals surface area contributed by atoms with E-state index in [4.69, 9.17) is 9.47 Å². The summed E-state index contributed by atoms with van der Waals surface area (Å²) in [7, 11) is 0. The summed E-state index contributed by atoms with van der Waals surface area (Å²) in [5.74, 6) is 0.798. The maximum Gasteiger partial charge on any atom is 0.251 e. The molecule has 2 rings (SSSR count). The Morgan fingerprint density at radius 3 is 2.23 bits per heavy atom. The maximum atomic E-state index is 12.5. The lowest BCUT2D eigenvalue weighted by Gasteiger charge is -2.36. The van der Waals surface area contributed by atoms with Gasteiger partial charge in [-0.15, -0.1) is 0 Å². The average molecular weight is 420 g/mol. The van der Waals surface area contributed by atoms with Gasteiger partial charge in [0.25, 0.3) is 5.91 Å². The second kappa shape index (κ2) is 11.2. The molecule has 30 heavy (non-hydrogen) atoms. The van der Waals surface area contributed by atoms with Crippen LogP contribution in [-0.2, 0) is 4.79 Å². The van der Waals surface area contributed by atoms with Crippen LogP contribution in [0.1, 0.15) is 51.4 Å². The molecule has 0 bridgehead atoms. The number of hydrogen-bond donors (Lipinski definition) is 1. The number of nitrogens with zero attached hydrogens (tertiary/aromatic N) is 2. The molecule has 0 radical (unpaired) electrons. The normalized spacial score (nSPS) is 15.0. The predicted octanol–water partition coefficient (Wildman–Crippen LogP) is 2.79. The van der Waals surface area contributed by atoms with Gasteiger partial charge in [-0.1, -0.05) is 20.8 Å². The number of ether oxygens (including phenoxy) is 2. The van der Waals surface area contributed by atoms with E-state index >= 15 is 0 Å². The van der Waals surface area contributed by atoms with Crippen molar-refractivity contribution in [3.63, 3.8) is 0 Å². The van der Waals surface area contributed by atoms with E-state index in [0.29, 0.717) is 48.8 Å². The monoisotopic (exact) mass is 419 g/mol. The number of benzene rings is 1. The van der Waals surface area contributed by atoms with Crippen molar-refractivity contribution in [1.82, 2.24) is 15.1 Å². The number of nitrogens with one attached hydrogen (secondary N) is 1. The molecule has 1 aliphatic rings. The number of piperazine rings is 1. The minimum atomic E-state index is -0.295. The first-order valence-corrected chi connectivity index (χ1v) is 10.9. The van der Waals surface area contributed by atoms with E-state index in [9.17, 15) is 9.59 Å². The fraction of sp³-hybridized carbons (Fsp3) is 0.652. The highest BCUT2D eigenvalue weighted by atomic mass is 16.5. The third-order valence-electron chi connectivity index (χ3n) is 5.11. The topological polar surface area (TPSA) is 71.1 Å². The van der Waals surface area contributed by atoms with Crippen LogP contribution < -0.4 is 14.8 Å². The van der Waals surface area contributed by atoms with Crippen LogP contribution in [0.4, 0.5) is 0 Å². The van der Waals surface area contributed by atoms with E-state index < -0.39 is 0 Å². The Labute approximate surface area is 180 Å². The Morgan fingerprint density at radius 1 is 1.00 bits per heavy atom. The Bertz CT molecular complexity index is 707. The van der Waals surface area contributed by atoms with Crippen molar-refractivity contribution in [3.05, 3.63) is 23.8 Å². The lowest BCUT2D eigenvalue weighted by Crippen LogP contribution is -2.51. The summed E-state index contributed by atoms with van der Waals surface area (Å²) in [5.41, 5.74) is 0.766. The molecule has 1 fully saturated rings. The van der Waals surface area contributed by atoms with E-state index in [2.05, 4.69) is 31.0 Å². The molecule has 1 heterocycles. The van der Waals surface area contributed by atoms with Gasteiger partial charge in [-0.05, 0) is 50.4 Å². The largest absolute Gasteiger partial charge is 0.490 e. The minimum absolute atomic E-state index is 0.00198. The summed E-state index contributed by atoms with van der Waals surface area (Å²) in [4.78, 5) is 29.3. The van der Waals surface area contributed by atoms with Gasteiger partial charge >= 0.3 is 0 Å². The lowest BCUT2D eigenvalue weighted by atomic mass is 9.92. The zero-order chi connectivity index (χ0) is 22.1. The summed E-state index contributed by atoms with van der Waals surface area (Å²) in [6, 6.07) is 5.06. The Morgan fingerprint density at radius 2 is 1.63 bits per heavy atom. The lowest BCUT2D eigenvalue weighted by molar-refractivity contribution is -0.131. The van der Waals surface area contributed by atoms with Crippen molar-refractivity contribution in [3.8, 4) is 11.5 Å². The third-order valence-corrected chi connectivity index (χ3v) is 5.11. The van der Waals surface area contributed by atoms with Crippen molar-refractivity contribution in [2.45, 2.75) is 41.0 Å². The molecule has 0 atom stereocenters. The van der Waals surface area contributed by atoms with Gasteiger partial charge in [-0.2, -0.15) is 0 Å². The second-order valence-electron chi connectivity index (χ2n) is 8.74. The maximum absolute atomic E-state index is 12.5. The van der Waals surface area contributed by atoms with Crippen molar-refractivity contribution >= 4 is 11.8 Å². The summed E-state index contributed by atoms with van der Waals surface area (Å²) in [6.07, 6.45) is 1.14. The fourth-order valence-electron chi connectivity index (χ4n) is 3.28. The van der Waals surface area contributed by atoms with E-state index in [1.807, 2.05) is 18.7 Å². The Kier molecular flexibility index (Phi) is 8.96. The minimum Gasteiger partial charge on any atom is -0.490 e. The van der Waals surface area contributed by atoms with Gasteiger partial charge in [0.15, 0.2) is 11.5 Å². The highest BCUT2D eigenvalue weighted by Crippen LogP contribution is 2.28. The van der Waals surface area contributed by atoms with Crippen LogP contribution in [0.3, 0.4) is 0 Å². The molecule has 0 unspecified atom stereocenters. The zero-order valence-corrected chi connectivity index (χ0v) is 19.1. The molecular formula is C23H37N3O4. The van der Waals surface area contributed by atoms with Crippen molar-refractivity contribution < 1.29 is 19.1 Å². The molecule has 1 N–H and O–H groups in total. The molecule has 1 aromatic rings. The number of rotatable bonds is 9. The SMILES string of the molecule is CCOc1ccc(C(=O)NCC(=O)N2CCN(CCC(C)(C)C)CC2)cc1OCC. The first-order valence-electron chi connectivity index (χ1n) is 10.9. The van der Waals surface area contributed by atoms with Gasteiger partial charge in [0.2, 0.25) is 5.91 Å². The number of hydrogen-bond acceptors (Lipinski definition) is 5. The van der Waals surface area contributed by atoms with Gasteiger partial charge in [0.1, 0.15) is 0 Å². The molecule has 0 aromatic heterocycles. The smallest absolute Gasteiger partial charge is 0.251 e. The summed E-state index contributed by atoms with van der Waals surface area (Å²) >= 11 is 0. The molecule has 7 heteroatoms. The van der Waals surface area contributed by atoms with Crippen LogP contribution in [0.5, 0.6) is 11.5 Å². The summed E-state index contributed by atoms with van der Waals surface area (Å²) < 4.78 is 11.1. The Balaban J connectivity index is 1.82. The van der Waals surface area contributed by atoms with Gasteiger partial charge < -0.3 is 19.7 Å². The number of amides is 2. The zero-order valence-electron chi connectivity index (χ0n) is 19.1. The molecule has 1 saturated heterocycles. The van der Waals surface area contributed by atoms with E-state index in [1.165, 1.54) is 0 Å². The van der Waals surface area contributed by atoms with Crippen LogP contribution in [0.15, 0.2) is 18.2 Å². The third kappa shape index (κ3) is 7.52. The van der Waals surface area contributed by atoms with Crippen LogP contribution in [0.25, 0.3) is 0 Å². The van der Waals surface area contributed by atoms with Crippen molar-refractivity contribution in [2.24, 2.45) is 5.41 Å². The highest BCUT2D eigenvalue weighted by molar-refractivity contribution is 5.97. The molecule has 1 aliphatic heterocycles. The number of carbonyl (C=O) groups excluding carboxylic acids is 2. The first kappa shape index (κ1) is 24.0. The quantitative estimate of drug-likeness (QED) is 0.666. The summed E-state index contributed by atoms with van der Waals surface area (Å²) in [5, 5.41) is 2.73. The van der Waals surface area contributed by atoms with Crippen LogP contribution in [0, 0.1) is 5.41 Å². The van der Waals surface area contributed by atoms with Gasteiger partial charge in [-0.25, -0.2) is 0 Å². The van der Waals surface area contributed by atoms with Crippen molar-refractivity contribution in [1.29, 1.82) is 0 Å². The van der Waals surface area contributed by atoms with E-state index in [1.54, 1.807) is 18.2 Å². The molecular weight excluding hydrogens is 382 g/mol. The molecule has 0 aliphatic carbocycles. The number of carbonyl (C=O) groups is 2. The van der Waals surface area contributed by atoms with Crippen LogP contribution in [-0.4, -0.2) is 74.1 Å². The second-order valence-corrected chi connectivity index (χ2v) is 8.74. The van der Waals surface area contributed by atoms with Crippen LogP contribution in [0.2, 0.25) is 0 Å². The first-order chi connectivity index (χ1) is 14.2. The summed E-state index contributed by atoms with van der Waals surface area (Å²) in [6.45, 7) is 15.7. The molecule has 7 nitrogen and oxygen atoms in total. The van der Waals surface area contributed by atoms with Crippen LogP contribution >= 0.6 is 0 Å². The molecule has 168 valence electrons. The fourth-order valence-corrected chi connectivity index (χ4v) is 3.28. The van der Waals surface area contributed by atoms with Gasteiger partial charge in [0, 0.05) is 31.7 Å². The highest BCUT2D eigenvalue weighted by Gasteiger charge is 2.22. The predicted molar refractivity (Wildman–Crippen MR) is 118 cm³/mol. The average Bonchev–Trinajstić information content (AvgIpc) is 2.71.